The summed E-state index contributed by atoms with van der Waals surface area (Å²) in [5.74, 6) is 1.29. The van der Waals surface area contributed by atoms with Gasteiger partial charge in [0.1, 0.15) is 0 Å². The summed E-state index contributed by atoms with van der Waals surface area (Å²) in [6, 6.07) is 0.578. The maximum absolute atomic E-state index is 4.76. The highest BCUT2D eigenvalue weighted by molar-refractivity contribution is 8.13. The molecule has 0 bridgehead atoms. The highest BCUT2D eigenvalue weighted by Crippen LogP contribution is 2.43. The van der Waals surface area contributed by atoms with Crippen LogP contribution < -0.4 is 5.32 Å². The molecule has 1 atom stereocenters. The zero-order chi connectivity index (χ0) is 11.4. The highest BCUT2D eigenvalue weighted by atomic mass is 32.2. The first-order valence-electron chi connectivity index (χ1n) is 6.68. The van der Waals surface area contributed by atoms with Gasteiger partial charge in [-0.3, -0.25) is 4.99 Å². The topological polar surface area (TPSA) is 24.4 Å². The van der Waals surface area contributed by atoms with Crippen molar-refractivity contribution in [3.05, 3.63) is 0 Å². The summed E-state index contributed by atoms with van der Waals surface area (Å²) in [5, 5.41) is 4.73. The Morgan fingerprint density at radius 1 is 1.44 bits per heavy atom. The van der Waals surface area contributed by atoms with E-state index in [1.807, 2.05) is 11.8 Å². The molecule has 1 aliphatic carbocycles. The average Bonchev–Trinajstić information content (AvgIpc) is 2.71. The van der Waals surface area contributed by atoms with E-state index in [2.05, 4.69) is 19.2 Å². The van der Waals surface area contributed by atoms with Crippen LogP contribution in [0.1, 0.15) is 52.4 Å². The summed E-state index contributed by atoms with van der Waals surface area (Å²) in [6.07, 6.45) is 8.14. The van der Waals surface area contributed by atoms with E-state index < -0.39 is 0 Å². The molecule has 1 saturated carbocycles. The van der Waals surface area contributed by atoms with Crippen molar-refractivity contribution >= 4 is 16.9 Å². The molecule has 1 heterocycles. The predicted molar refractivity (Wildman–Crippen MR) is 73.2 cm³/mol. The number of hydrogen-bond donors (Lipinski definition) is 1. The van der Waals surface area contributed by atoms with Gasteiger partial charge in [0.15, 0.2) is 5.17 Å². The van der Waals surface area contributed by atoms with Crippen LogP contribution in [0.5, 0.6) is 0 Å². The number of thioether (sulfide) groups is 1. The molecule has 16 heavy (non-hydrogen) atoms. The quantitative estimate of drug-likeness (QED) is 0.817. The molecule has 0 amide bonds. The second kappa shape index (κ2) is 5.44. The van der Waals surface area contributed by atoms with Gasteiger partial charge in [-0.05, 0) is 31.6 Å². The van der Waals surface area contributed by atoms with Crippen molar-refractivity contribution in [2.75, 3.05) is 12.3 Å². The normalized spacial score (nSPS) is 25.5. The third-order valence-corrected chi connectivity index (χ3v) is 5.11. The fourth-order valence-electron chi connectivity index (χ4n) is 2.78. The summed E-state index contributed by atoms with van der Waals surface area (Å²) in [7, 11) is 0. The zero-order valence-electron chi connectivity index (χ0n) is 10.6. The van der Waals surface area contributed by atoms with Crippen LogP contribution in [0.15, 0.2) is 4.99 Å². The van der Waals surface area contributed by atoms with Gasteiger partial charge in [-0.25, -0.2) is 0 Å². The van der Waals surface area contributed by atoms with Crippen molar-refractivity contribution in [2.45, 2.75) is 58.4 Å². The predicted octanol–water partition coefficient (Wildman–Crippen LogP) is 3.43. The molecule has 3 heteroatoms. The summed E-state index contributed by atoms with van der Waals surface area (Å²) >= 11 is 1.95. The molecule has 2 aliphatic rings. The molecule has 92 valence electrons. The minimum atomic E-state index is 0.573. The van der Waals surface area contributed by atoms with Crippen molar-refractivity contribution in [1.29, 1.82) is 0 Å². The number of nitrogens with zero attached hydrogens (tertiary/aromatic N) is 1. The fourth-order valence-corrected chi connectivity index (χ4v) is 4.05. The minimum Gasteiger partial charge on any atom is -0.362 e. The lowest BCUT2D eigenvalue weighted by Gasteiger charge is -2.31. The van der Waals surface area contributed by atoms with Gasteiger partial charge in [-0.15, -0.1) is 0 Å². The van der Waals surface area contributed by atoms with Crippen LogP contribution in [0.4, 0.5) is 0 Å². The molecule has 2 rings (SSSR count). The first kappa shape index (κ1) is 12.3. The van der Waals surface area contributed by atoms with E-state index in [0.717, 1.165) is 6.54 Å². The first-order chi connectivity index (χ1) is 7.74. The number of nitrogens with one attached hydrogen (secondary N) is 1. The van der Waals surface area contributed by atoms with Crippen LogP contribution in [0.25, 0.3) is 0 Å². The number of aliphatic imine (C=N–C) groups is 1. The van der Waals surface area contributed by atoms with E-state index in [1.165, 1.54) is 49.4 Å². The van der Waals surface area contributed by atoms with Gasteiger partial charge in [-0.2, -0.15) is 0 Å². The van der Waals surface area contributed by atoms with Gasteiger partial charge in [0.05, 0.1) is 0 Å². The molecule has 0 aromatic carbocycles. The van der Waals surface area contributed by atoms with Crippen molar-refractivity contribution in [1.82, 2.24) is 5.32 Å². The second-order valence-electron chi connectivity index (χ2n) is 5.45. The molecule has 1 aliphatic heterocycles. The van der Waals surface area contributed by atoms with E-state index in [0.29, 0.717) is 11.5 Å². The lowest BCUT2D eigenvalue weighted by Crippen LogP contribution is -2.37. The molecular weight excluding hydrogens is 216 g/mol. The molecule has 0 radical (unpaired) electrons. The van der Waals surface area contributed by atoms with Crippen LogP contribution >= 0.6 is 11.8 Å². The Bertz CT molecular complexity index is 257. The van der Waals surface area contributed by atoms with Crippen LogP contribution in [0.2, 0.25) is 0 Å². The number of amidine groups is 1. The Labute approximate surface area is 104 Å². The van der Waals surface area contributed by atoms with Gasteiger partial charge in [0, 0.05) is 18.3 Å². The molecule has 0 aromatic heterocycles. The van der Waals surface area contributed by atoms with Crippen LogP contribution in [-0.4, -0.2) is 23.5 Å². The van der Waals surface area contributed by atoms with Crippen molar-refractivity contribution in [2.24, 2.45) is 10.4 Å². The van der Waals surface area contributed by atoms with Gasteiger partial charge in [0.2, 0.25) is 0 Å². The molecular formula is C13H24N2S. The van der Waals surface area contributed by atoms with Gasteiger partial charge < -0.3 is 5.32 Å². The zero-order valence-corrected chi connectivity index (χ0v) is 11.4. The van der Waals surface area contributed by atoms with Gasteiger partial charge in [-0.1, -0.05) is 37.9 Å². The van der Waals surface area contributed by atoms with Gasteiger partial charge >= 0.3 is 0 Å². The Kier molecular flexibility index (Phi) is 4.17. The summed E-state index contributed by atoms with van der Waals surface area (Å²) in [4.78, 5) is 4.76. The standard InChI is InChI=1S/C13H24N2S/c1-3-6-11(2)15-12-14-9-13(10-16-12)7-4-5-8-13/h11H,3-10H2,1-2H3,(H,14,15). The lowest BCUT2D eigenvalue weighted by molar-refractivity contribution is 0.358. The lowest BCUT2D eigenvalue weighted by atomic mass is 9.89. The van der Waals surface area contributed by atoms with E-state index in [4.69, 9.17) is 4.99 Å². The number of hydrogen-bond acceptors (Lipinski definition) is 3. The van der Waals surface area contributed by atoms with Crippen LogP contribution in [-0.2, 0) is 0 Å². The minimum absolute atomic E-state index is 0.573. The maximum Gasteiger partial charge on any atom is 0.156 e. The summed E-state index contributed by atoms with van der Waals surface area (Å²) in [5.41, 5.74) is 0.573. The Morgan fingerprint density at radius 3 is 2.75 bits per heavy atom. The molecule has 0 saturated heterocycles. The summed E-state index contributed by atoms with van der Waals surface area (Å²) in [6.45, 7) is 5.56. The van der Waals surface area contributed by atoms with Crippen LogP contribution in [0.3, 0.4) is 0 Å². The molecule has 1 unspecified atom stereocenters. The van der Waals surface area contributed by atoms with E-state index in [1.54, 1.807) is 0 Å². The molecule has 0 aromatic rings. The highest BCUT2D eigenvalue weighted by Gasteiger charge is 2.36. The Morgan fingerprint density at radius 2 is 2.19 bits per heavy atom. The van der Waals surface area contributed by atoms with E-state index in [9.17, 15) is 0 Å². The van der Waals surface area contributed by atoms with E-state index in [-0.39, 0.29) is 0 Å². The second-order valence-corrected chi connectivity index (χ2v) is 6.42. The average molecular weight is 240 g/mol. The Balaban J connectivity index is 1.83. The van der Waals surface area contributed by atoms with Crippen LogP contribution in [0, 0.1) is 5.41 Å². The molecule has 1 fully saturated rings. The monoisotopic (exact) mass is 240 g/mol. The van der Waals surface area contributed by atoms with Crippen molar-refractivity contribution in [3.8, 4) is 0 Å². The number of rotatable bonds is 3. The molecule has 1 spiro atoms. The largest absolute Gasteiger partial charge is 0.362 e. The van der Waals surface area contributed by atoms with Crippen molar-refractivity contribution in [3.63, 3.8) is 0 Å². The smallest absolute Gasteiger partial charge is 0.156 e. The first-order valence-corrected chi connectivity index (χ1v) is 7.66. The molecule has 1 N–H and O–H groups in total. The SMILES string of the molecule is CCCC(C)NC1=NCC2(CCCC2)CS1. The van der Waals surface area contributed by atoms with E-state index >= 15 is 0 Å². The third-order valence-electron chi connectivity index (χ3n) is 3.83. The summed E-state index contributed by atoms with van der Waals surface area (Å²) < 4.78 is 0. The fraction of sp³-hybridized carbons (Fsp3) is 0.923. The maximum atomic E-state index is 4.76. The van der Waals surface area contributed by atoms with Gasteiger partial charge in [0.25, 0.3) is 0 Å². The molecule has 2 nitrogen and oxygen atoms in total. The van der Waals surface area contributed by atoms with Crippen molar-refractivity contribution < 1.29 is 0 Å². The Hall–Kier alpha value is -0.180. The third kappa shape index (κ3) is 2.93.